The molecule has 0 saturated heterocycles. The van der Waals surface area contributed by atoms with Crippen LogP contribution in [0.5, 0.6) is 17.2 Å². The van der Waals surface area contributed by atoms with E-state index in [0.29, 0.717) is 36.4 Å². The molecule has 6 nitrogen and oxygen atoms in total. The van der Waals surface area contributed by atoms with Gasteiger partial charge in [0.15, 0.2) is 17.5 Å². The van der Waals surface area contributed by atoms with E-state index in [-0.39, 0.29) is 24.0 Å². The van der Waals surface area contributed by atoms with Crippen molar-refractivity contribution in [3.8, 4) is 17.2 Å². The number of rotatable bonds is 7. The highest BCUT2D eigenvalue weighted by Gasteiger charge is 2.06. The molecule has 0 fully saturated rings. The minimum absolute atomic E-state index is 0. The van der Waals surface area contributed by atoms with Gasteiger partial charge in [-0.2, -0.15) is 0 Å². The number of halogens is 1. The minimum Gasteiger partial charge on any atom is -0.495 e. The van der Waals surface area contributed by atoms with Crippen LogP contribution in [0.4, 0.5) is 5.69 Å². The van der Waals surface area contributed by atoms with Gasteiger partial charge in [-0.05, 0) is 36.8 Å². The number of nitrogens with zero attached hydrogens (tertiary/aromatic N) is 1. The summed E-state index contributed by atoms with van der Waals surface area (Å²) in [5.41, 5.74) is 7.70. The average molecular weight is 457 g/mol. The summed E-state index contributed by atoms with van der Waals surface area (Å²) < 4.78 is 16.1. The van der Waals surface area contributed by atoms with Crippen LogP contribution in [-0.4, -0.2) is 26.8 Å². The molecule has 0 aromatic heterocycles. The van der Waals surface area contributed by atoms with E-state index in [1.165, 1.54) is 0 Å². The molecule has 7 heteroatoms. The number of benzene rings is 2. The Balaban J connectivity index is 0.00000312. The second-order valence-electron chi connectivity index (χ2n) is 4.94. The van der Waals surface area contributed by atoms with E-state index in [2.05, 4.69) is 10.3 Å². The molecule has 0 radical (unpaired) electrons. The Kier molecular flexibility index (Phi) is 8.90. The van der Waals surface area contributed by atoms with Crippen molar-refractivity contribution in [1.82, 2.24) is 0 Å². The summed E-state index contributed by atoms with van der Waals surface area (Å²) in [6, 6.07) is 13.2. The Bertz CT molecular complexity index is 708. The smallest absolute Gasteiger partial charge is 0.193 e. The Morgan fingerprint density at radius 1 is 1.04 bits per heavy atom. The van der Waals surface area contributed by atoms with E-state index in [1.54, 1.807) is 14.2 Å². The van der Waals surface area contributed by atoms with Gasteiger partial charge in [-0.3, -0.25) is 0 Å². The number of anilines is 1. The van der Waals surface area contributed by atoms with Crippen molar-refractivity contribution in [2.75, 3.05) is 26.1 Å². The summed E-state index contributed by atoms with van der Waals surface area (Å²) in [7, 11) is 3.23. The molecule has 0 aliphatic rings. The lowest BCUT2D eigenvalue weighted by Gasteiger charge is -2.11. The first-order valence-electron chi connectivity index (χ1n) is 7.67. The van der Waals surface area contributed by atoms with Gasteiger partial charge in [-0.1, -0.05) is 18.2 Å². The number of methoxy groups -OCH3 is 2. The predicted molar refractivity (Wildman–Crippen MR) is 112 cm³/mol. The van der Waals surface area contributed by atoms with Crippen LogP contribution in [0, 0.1) is 0 Å². The third kappa shape index (κ3) is 6.00. The van der Waals surface area contributed by atoms with E-state index in [4.69, 9.17) is 19.9 Å². The zero-order chi connectivity index (χ0) is 17.4. The van der Waals surface area contributed by atoms with Crippen molar-refractivity contribution in [1.29, 1.82) is 0 Å². The van der Waals surface area contributed by atoms with E-state index < -0.39 is 0 Å². The highest BCUT2D eigenvalue weighted by atomic mass is 127. The lowest BCUT2D eigenvalue weighted by molar-refractivity contribution is 0.310. The van der Waals surface area contributed by atoms with E-state index in [9.17, 15) is 0 Å². The number of aliphatic imine (C=N–C) groups is 1. The summed E-state index contributed by atoms with van der Waals surface area (Å²) in [5, 5.41) is 3.04. The molecule has 0 unspecified atom stereocenters. The molecule has 136 valence electrons. The van der Waals surface area contributed by atoms with Crippen molar-refractivity contribution >= 4 is 35.6 Å². The highest BCUT2D eigenvalue weighted by molar-refractivity contribution is 14.0. The molecule has 2 aromatic carbocycles. The molecule has 2 aromatic rings. The fourth-order valence-electron chi connectivity index (χ4n) is 2.19. The fourth-order valence-corrected chi connectivity index (χ4v) is 2.19. The summed E-state index contributed by atoms with van der Waals surface area (Å²) in [4.78, 5) is 4.35. The van der Waals surface area contributed by atoms with Gasteiger partial charge in [0.2, 0.25) is 0 Å². The molecule has 0 heterocycles. The Labute approximate surface area is 165 Å². The molecule has 0 atom stereocenters. The molecule has 0 bridgehead atoms. The molecular weight excluding hydrogens is 433 g/mol. The van der Waals surface area contributed by atoms with Gasteiger partial charge >= 0.3 is 0 Å². The summed E-state index contributed by atoms with van der Waals surface area (Å²) in [6.07, 6.45) is 0. The molecular formula is C18H24IN3O3. The fraction of sp³-hybridized carbons (Fsp3) is 0.278. The van der Waals surface area contributed by atoms with Crippen molar-refractivity contribution in [3.63, 3.8) is 0 Å². The molecule has 0 aliphatic carbocycles. The second-order valence-corrected chi connectivity index (χ2v) is 4.94. The SMILES string of the molecule is CCOc1cc(CN=C(N)Nc2ccccc2OC)ccc1OC.I. The monoisotopic (exact) mass is 457 g/mol. The summed E-state index contributed by atoms with van der Waals surface area (Å²) in [5.74, 6) is 2.42. The summed E-state index contributed by atoms with van der Waals surface area (Å²) >= 11 is 0. The summed E-state index contributed by atoms with van der Waals surface area (Å²) in [6.45, 7) is 2.93. The van der Waals surface area contributed by atoms with Crippen LogP contribution in [0.15, 0.2) is 47.5 Å². The first-order chi connectivity index (χ1) is 11.7. The van der Waals surface area contributed by atoms with Crippen LogP contribution in [0.1, 0.15) is 12.5 Å². The first-order valence-corrected chi connectivity index (χ1v) is 7.67. The van der Waals surface area contributed by atoms with Crippen LogP contribution < -0.4 is 25.3 Å². The number of hydrogen-bond acceptors (Lipinski definition) is 4. The average Bonchev–Trinajstić information content (AvgIpc) is 2.61. The van der Waals surface area contributed by atoms with Crippen molar-refractivity contribution < 1.29 is 14.2 Å². The minimum atomic E-state index is 0. The van der Waals surface area contributed by atoms with Crippen molar-refractivity contribution in [2.45, 2.75) is 13.5 Å². The molecule has 0 aliphatic heterocycles. The Morgan fingerprint density at radius 3 is 2.44 bits per heavy atom. The van der Waals surface area contributed by atoms with Crippen LogP contribution in [0.2, 0.25) is 0 Å². The van der Waals surface area contributed by atoms with Crippen LogP contribution in [-0.2, 0) is 6.54 Å². The highest BCUT2D eigenvalue weighted by Crippen LogP contribution is 2.28. The number of nitrogens with one attached hydrogen (secondary N) is 1. The molecule has 2 rings (SSSR count). The number of para-hydroxylation sites is 2. The van der Waals surface area contributed by atoms with Crippen LogP contribution in [0.25, 0.3) is 0 Å². The van der Waals surface area contributed by atoms with Gasteiger partial charge in [0.25, 0.3) is 0 Å². The maximum Gasteiger partial charge on any atom is 0.193 e. The van der Waals surface area contributed by atoms with Crippen LogP contribution >= 0.6 is 24.0 Å². The van der Waals surface area contributed by atoms with E-state index >= 15 is 0 Å². The first kappa shape index (κ1) is 20.9. The molecule has 0 spiro atoms. The van der Waals surface area contributed by atoms with Crippen LogP contribution in [0.3, 0.4) is 0 Å². The predicted octanol–water partition coefficient (Wildman–Crippen LogP) is 3.65. The second kappa shape index (κ2) is 10.7. The Morgan fingerprint density at radius 2 is 1.76 bits per heavy atom. The number of guanidine groups is 1. The van der Waals surface area contributed by atoms with Gasteiger partial charge in [-0.15, -0.1) is 24.0 Å². The molecule has 0 saturated carbocycles. The number of hydrogen-bond donors (Lipinski definition) is 2. The standard InChI is InChI=1S/C18H23N3O3.HI/c1-4-24-17-11-13(9-10-16(17)23-3)12-20-18(19)21-14-7-5-6-8-15(14)22-2;/h5-11H,4,12H2,1-3H3,(H3,19,20,21);1H. The molecule has 25 heavy (non-hydrogen) atoms. The normalized spacial score (nSPS) is 10.6. The lowest BCUT2D eigenvalue weighted by atomic mass is 10.2. The number of nitrogens with two attached hydrogens (primary N) is 1. The largest absolute Gasteiger partial charge is 0.495 e. The van der Waals surface area contributed by atoms with Crippen molar-refractivity contribution in [2.24, 2.45) is 10.7 Å². The molecule has 3 N–H and O–H groups in total. The van der Waals surface area contributed by atoms with Gasteiger partial charge in [0.05, 0.1) is 33.1 Å². The van der Waals surface area contributed by atoms with Gasteiger partial charge in [-0.25, -0.2) is 4.99 Å². The third-order valence-electron chi connectivity index (χ3n) is 3.33. The molecule has 0 amide bonds. The third-order valence-corrected chi connectivity index (χ3v) is 3.33. The zero-order valence-electron chi connectivity index (χ0n) is 14.6. The quantitative estimate of drug-likeness (QED) is 0.377. The van der Waals surface area contributed by atoms with E-state index in [1.807, 2.05) is 49.4 Å². The van der Waals surface area contributed by atoms with Crippen molar-refractivity contribution in [3.05, 3.63) is 48.0 Å². The zero-order valence-corrected chi connectivity index (χ0v) is 16.9. The van der Waals surface area contributed by atoms with E-state index in [0.717, 1.165) is 11.3 Å². The lowest BCUT2D eigenvalue weighted by Crippen LogP contribution is -2.22. The van der Waals surface area contributed by atoms with Gasteiger partial charge in [0, 0.05) is 0 Å². The van der Waals surface area contributed by atoms with Gasteiger partial charge in [0.1, 0.15) is 5.75 Å². The van der Waals surface area contributed by atoms with Gasteiger partial charge < -0.3 is 25.3 Å². The maximum atomic E-state index is 5.96. The Hall–Kier alpha value is -2.16. The maximum absolute atomic E-state index is 5.96. The number of ether oxygens (including phenoxy) is 3. The topological polar surface area (TPSA) is 78.1 Å².